The van der Waals surface area contributed by atoms with Gasteiger partial charge in [0.05, 0.1) is 6.04 Å². The third-order valence-corrected chi connectivity index (χ3v) is 5.16. The molecule has 2 amide bonds. The van der Waals surface area contributed by atoms with Crippen LogP contribution in [0.5, 0.6) is 0 Å². The first kappa shape index (κ1) is 21.6. The Balaban J connectivity index is 1.66. The monoisotopic (exact) mass is 402 g/mol. The van der Waals surface area contributed by atoms with E-state index in [0.29, 0.717) is 24.6 Å². The van der Waals surface area contributed by atoms with E-state index in [1.807, 2.05) is 79.7 Å². The molecule has 0 aliphatic heterocycles. The van der Waals surface area contributed by atoms with E-state index >= 15 is 0 Å². The SMILES string of the molecule is CC(C)CN(CCC(=O)NC(C)c1ccccc1)C(=O)c1ccc2ccccc2c1. The number of amides is 2. The summed E-state index contributed by atoms with van der Waals surface area (Å²) in [6.07, 6.45) is 0.281. The Morgan fingerprint density at radius 1 is 0.867 bits per heavy atom. The normalized spacial score (nSPS) is 12.0. The highest BCUT2D eigenvalue weighted by Gasteiger charge is 2.19. The molecule has 156 valence electrons. The minimum absolute atomic E-state index is 0.0293. The lowest BCUT2D eigenvalue weighted by atomic mass is 10.1. The van der Waals surface area contributed by atoms with Gasteiger partial charge in [0.1, 0.15) is 0 Å². The highest BCUT2D eigenvalue weighted by atomic mass is 16.2. The first-order valence-electron chi connectivity index (χ1n) is 10.6. The molecule has 0 heterocycles. The standard InChI is InChI=1S/C26H30N2O2/c1-19(2)18-28(16-15-25(29)27-20(3)21-9-5-4-6-10-21)26(30)24-14-13-22-11-7-8-12-23(22)17-24/h4-14,17,19-20H,15-16,18H2,1-3H3,(H,27,29). The third-order valence-electron chi connectivity index (χ3n) is 5.16. The summed E-state index contributed by atoms with van der Waals surface area (Å²) >= 11 is 0. The molecule has 30 heavy (non-hydrogen) atoms. The largest absolute Gasteiger partial charge is 0.350 e. The summed E-state index contributed by atoms with van der Waals surface area (Å²) in [5.74, 6) is 0.241. The van der Waals surface area contributed by atoms with Gasteiger partial charge in [0, 0.05) is 25.1 Å². The molecule has 0 spiro atoms. The topological polar surface area (TPSA) is 49.4 Å². The fraction of sp³-hybridized carbons (Fsp3) is 0.308. The van der Waals surface area contributed by atoms with Gasteiger partial charge in [-0.2, -0.15) is 0 Å². The third kappa shape index (κ3) is 5.69. The van der Waals surface area contributed by atoms with Crippen LogP contribution in [-0.4, -0.2) is 29.8 Å². The predicted octanol–water partition coefficient (Wildman–Crippen LogP) is 5.21. The van der Waals surface area contributed by atoms with Crippen LogP contribution in [0, 0.1) is 5.92 Å². The molecule has 0 saturated carbocycles. The Morgan fingerprint density at radius 3 is 2.23 bits per heavy atom. The molecule has 1 atom stereocenters. The van der Waals surface area contributed by atoms with Crippen molar-refractivity contribution in [2.24, 2.45) is 5.92 Å². The summed E-state index contributed by atoms with van der Waals surface area (Å²) in [4.78, 5) is 27.5. The fourth-order valence-electron chi connectivity index (χ4n) is 3.60. The Labute approximate surface area is 178 Å². The van der Waals surface area contributed by atoms with E-state index in [1.54, 1.807) is 4.90 Å². The molecule has 3 rings (SSSR count). The highest BCUT2D eigenvalue weighted by Crippen LogP contribution is 2.18. The Kier molecular flexibility index (Phi) is 7.23. The smallest absolute Gasteiger partial charge is 0.253 e. The molecule has 0 saturated heterocycles. The molecule has 0 aromatic heterocycles. The van der Waals surface area contributed by atoms with E-state index in [2.05, 4.69) is 19.2 Å². The highest BCUT2D eigenvalue weighted by molar-refractivity contribution is 5.98. The maximum Gasteiger partial charge on any atom is 0.253 e. The van der Waals surface area contributed by atoms with Crippen molar-refractivity contribution in [3.63, 3.8) is 0 Å². The molecule has 3 aromatic carbocycles. The number of rotatable bonds is 8. The molecule has 0 fully saturated rings. The number of hydrogen-bond acceptors (Lipinski definition) is 2. The molecule has 0 bridgehead atoms. The van der Waals surface area contributed by atoms with Crippen LogP contribution in [0.25, 0.3) is 10.8 Å². The second kappa shape index (κ2) is 10.1. The number of benzene rings is 3. The summed E-state index contributed by atoms with van der Waals surface area (Å²) in [7, 11) is 0. The predicted molar refractivity (Wildman–Crippen MR) is 122 cm³/mol. The minimum atomic E-state index is -0.0616. The van der Waals surface area contributed by atoms with Crippen molar-refractivity contribution in [3.8, 4) is 0 Å². The van der Waals surface area contributed by atoms with Gasteiger partial charge in [-0.3, -0.25) is 9.59 Å². The molecular formula is C26H30N2O2. The van der Waals surface area contributed by atoms with E-state index < -0.39 is 0 Å². The molecule has 0 aliphatic rings. The average molecular weight is 403 g/mol. The quantitative estimate of drug-likeness (QED) is 0.563. The van der Waals surface area contributed by atoms with Crippen molar-refractivity contribution >= 4 is 22.6 Å². The van der Waals surface area contributed by atoms with E-state index in [-0.39, 0.29) is 24.3 Å². The number of nitrogens with zero attached hydrogens (tertiary/aromatic N) is 1. The Hall–Kier alpha value is -3.14. The molecule has 1 unspecified atom stereocenters. The van der Waals surface area contributed by atoms with Crippen LogP contribution in [0.15, 0.2) is 72.8 Å². The number of nitrogens with one attached hydrogen (secondary N) is 1. The van der Waals surface area contributed by atoms with Gasteiger partial charge in [-0.25, -0.2) is 0 Å². The molecule has 3 aromatic rings. The van der Waals surface area contributed by atoms with Crippen LogP contribution in [0.4, 0.5) is 0 Å². The lowest BCUT2D eigenvalue weighted by molar-refractivity contribution is -0.121. The van der Waals surface area contributed by atoms with Crippen LogP contribution >= 0.6 is 0 Å². The van der Waals surface area contributed by atoms with E-state index in [1.165, 1.54) is 0 Å². The van der Waals surface area contributed by atoms with Crippen molar-refractivity contribution < 1.29 is 9.59 Å². The summed E-state index contributed by atoms with van der Waals surface area (Å²) in [6, 6.07) is 23.6. The van der Waals surface area contributed by atoms with Crippen molar-refractivity contribution in [2.75, 3.05) is 13.1 Å². The van der Waals surface area contributed by atoms with Crippen LogP contribution in [0.1, 0.15) is 49.2 Å². The van der Waals surface area contributed by atoms with Crippen LogP contribution in [-0.2, 0) is 4.79 Å². The lowest BCUT2D eigenvalue weighted by Gasteiger charge is -2.25. The molecule has 0 aliphatic carbocycles. The Morgan fingerprint density at radius 2 is 1.53 bits per heavy atom. The summed E-state index contributed by atoms with van der Waals surface area (Å²) in [5, 5.41) is 5.18. The molecule has 4 nitrogen and oxygen atoms in total. The molecular weight excluding hydrogens is 372 g/mol. The Bertz CT molecular complexity index is 998. The van der Waals surface area contributed by atoms with E-state index in [0.717, 1.165) is 16.3 Å². The second-order valence-corrected chi connectivity index (χ2v) is 8.16. The molecule has 4 heteroatoms. The maximum absolute atomic E-state index is 13.2. The summed E-state index contributed by atoms with van der Waals surface area (Å²) in [6.45, 7) is 7.15. The average Bonchev–Trinajstić information content (AvgIpc) is 2.76. The van der Waals surface area contributed by atoms with Gasteiger partial charge < -0.3 is 10.2 Å². The van der Waals surface area contributed by atoms with Gasteiger partial charge in [0.25, 0.3) is 5.91 Å². The number of carbonyl (C=O) groups excluding carboxylic acids is 2. The van der Waals surface area contributed by atoms with Crippen molar-refractivity contribution in [1.29, 1.82) is 0 Å². The number of hydrogen-bond donors (Lipinski definition) is 1. The van der Waals surface area contributed by atoms with Crippen LogP contribution in [0.3, 0.4) is 0 Å². The van der Waals surface area contributed by atoms with Gasteiger partial charge in [-0.1, -0.05) is 74.5 Å². The van der Waals surface area contributed by atoms with Gasteiger partial charge >= 0.3 is 0 Å². The van der Waals surface area contributed by atoms with Gasteiger partial charge in [-0.15, -0.1) is 0 Å². The summed E-state index contributed by atoms with van der Waals surface area (Å²) < 4.78 is 0. The van der Waals surface area contributed by atoms with E-state index in [4.69, 9.17) is 0 Å². The maximum atomic E-state index is 13.2. The second-order valence-electron chi connectivity index (χ2n) is 8.16. The van der Waals surface area contributed by atoms with Gasteiger partial charge in [-0.05, 0) is 41.3 Å². The first-order chi connectivity index (χ1) is 14.4. The number of fused-ring (bicyclic) bond motifs is 1. The summed E-state index contributed by atoms with van der Waals surface area (Å²) in [5.41, 5.74) is 1.73. The molecule has 1 N–H and O–H groups in total. The zero-order valence-electron chi connectivity index (χ0n) is 18.0. The minimum Gasteiger partial charge on any atom is -0.350 e. The zero-order chi connectivity index (χ0) is 21.5. The van der Waals surface area contributed by atoms with Crippen molar-refractivity contribution in [1.82, 2.24) is 10.2 Å². The van der Waals surface area contributed by atoms with Gasteiger partial charge in [0.2, 0.25) is 5.91 Å². The fourth-order valence-corrected chi connectivity index (χ4v) is 3.60. The molecule has 0 radical (unpaired) electrons. The van der Waals surface area contributed by atoms with Gasteiger partial charge in [0.15, 0.2) is 0 Å². The first-order valence-corrected chi connectivity index (χ1v) is 10.6. The van der Waals surface area contributed by atoms with Crippen molar-refractivity contribution in [2.45, 2.75) is 33.2 Å². The van der Waals surface area contributed by atoms with Crippen LogP contribution < -0.4 is 5.32 Å². The zero-order valence-corrected chi connectivity index (χ0v) is 18.0. The van der Waals surface area contributed by atoms with Crippen LogP contribution in [0.2, 0.25) is 0 Å². The van der Waals surface area contributed by atoms with E-state index in [9.17, 15) is 9.59 Å². The number of carbonyl (C=O) groups is 2. The van der Waals surface area contributed by atoms with Crippen molar-refractivity contribution in [3.05, 3.63) is 83.9 Å². The lowest BCUT2D eigenvalue weighted by Crippen LogP contribution is -2.38.